The molecule has 7 nitrogen and oxygen atoms in total. The number of amides is 2. The second kappa shape index (κ2) is 6.91. The fourth-order valence-corrected chi connectivity index (χ4v) is 6.43. The first-order chi connectivity index (χ1) is 14.4. The summed E-state index contributed by atoms with van der Waals surface area (Å²) in [6, 6.07) is 9.54. The number of primary amides is 1. The zero-order valence-corrected chi connectivity index (χ0v) is 18.0. The van der Waals surface area contributed by atoms with Gasteiger partial charge in [0, 0.05) is 18.5 Å². The number of rotatable bonds is 3. The standard InChI is InChI=1S/C22H25N5O2S/c1-13(2)17-12-18(28)27-21(24-17)30-19(25-27)22(10-5-11-26(22)20(23)29)16-9-8-14-6-3-4-7-15(14)16/h3-4,6-7,12-13,16H,5,8-11H2,1-2H3,(H2,23,29)/t16-,22?/m1/s1. The number of nitrogens with zero attached hydrogens (tertiary/aromatic N) is 4. The SMILES string of the molecule is CC(C)c1cc(=O)n2nc(C3([C@@H]4CCc5ccccc54)CCCN3C(N)=O)sc2n1. The van der Waals surface area contributed by atoms with Crippen molar-refractivity contribution in [3.63, 3.8) is 0 Å². The van der Waals surface area contributed by atoms with Crippen LogP contribution in [0.4, 0.5) is 4.79 Å². The largest absolute Gasteiger partial charge is 0.351 e. The number of hydrogen-bond acceptors (Lipinski definition) is 5. The first kappa shape index (κ1) is 19.2. The Balaban J connectivity index is 1.74. The molecule has 0 radical (unpaired) electrons. The molecule has 8 heteroatoms. The van der Waals surface area contributed by atoms with Crippen molar-refractivity contribution in [1.29, 1.82) is 0 Å². The maximum atomic E-state index is 12.7. The van der Waals surface area contributed by atoms with Crippen LogP contribution in [0.15, 0.2) is 35.1 Å². The number of urea groups is 1. The number of aromatic nitrogens is 3. The number of carbonyl (C=O) groups excluding carboxylic acids is 1. The van der Waals surface area contributed by atoms with Gasteiger partial charge in [-0.05, 0) is 42.7 Å². The van der Waals surface area contributed by atoms with Gasteiger partial charge >= 0.3 is 6.03 Å². The Kier molecular flexibility index (Phi) is 4.43. The van der Waals surface area contributed by atoms with E-state index in [1.807, 2.05) is 19.9 Å². The number of likely N-dealkylation sites (tertiary alicyclic amines) is 1. The normalized spacial score (nSPS) is 23.4. The Hall–Kier alpha value is -2.74. The molecule has 1 aromatic carbocycles. The van der Waals surface area contributed by atoms with E-state index in [-0.39, 0.29) is 17.4 Å². The van der Waals surface area contributed by atoms with Crippen LogP contribution >= 0.6 is 11.3 Å². The lowest BCUT2D eigenvalue weighted by atomic mass is 9.78. The van der Waals surface area contributed by atoms with E-state index in [0.29, 0.717) is 11.5 Å². The second-order valence-electron chi connectivity index (χ2n) is 8.58. The van der Waals surface area contributed by atoms with Crippen LogP contribution in [0.25, 0.3) is 4.96 Å². The van der Waals surface area contributed by atoms with Gasteiger partial charge in [-0.2, -0.15) is 9.61 Å². The molecule has 2 aromatic heterocycles. The predicted octanol–water partition coefficient (Wildman–Crippen LogP) is 3.37. The summed E-state index contributed by atoms with van der Waals surface area (Å²) >= 11 is 1.41. The molecule has 1 aliphatic carbocycles. The molecule has 3 heterocycles. The lowest BCUT2D eigenvalue weighted by Gasteiger charge is -2.41. The van der Waals surface area contributed by atoms with Crippen molar-refractivity contribution in [2.45, 2.75) is 56.9 Å². The van der Waals surface area contributed by atoms with Crippen LogP contribution in [0.1, 0.15) is 66.8 Å². The second-order valence-corrected chi connectivity index (χ2v) is 9.54. The van der Waals surface area contributed by atoms with E-state index >= 15 is 0 Å². The van der Waals surface area contributed by atoms with Gasteiger partial charge in [0.2, 0.25) is 4.96 Å². The molecule has 1 unspecified atom stereocenters. The first-order valence-corrected chi connectivity index (χ1v) is 11.3. The average Bonchev–Trinajstić information content (AvgIpc) is 3.43. The van der Waals surface area contributed by atoms with Gasteiger partial charge in [-0.3, -0.25) is 4.79 Å². The van der Waals surface area contributed by atoms with Crippen LogP contribution in [0.3, 0.4) is 0 Å². The molecular weight excluding hydrogens is 398 g/mol. The van der Waals surface area contributed by atoms with Gasteiger partial charge in [0.1, 0.15) is 10.5 Å². The van der Waals surface area contributed by atoms with Gasteiger partial charge in [0.05, 0.1) is 5.69 Å². The summed E-state index contributed by atoms with van der Waals surface area (Å²) in [4.78, 5) is 32.3. The van der Waals surface area contributed by atoms with Gasteiger partial charge in [0.25, 0.3) is 5.56 Å². The van der Waals surface area contributed by atoms with E-state index < -0.39 is 11.6 Å². The highest BCUT2D eigenvalue weighted by Gasteiger charge is 2.54. The minimum absolute atomic E-state index is 0.101. The van der Waals surface area contributed by atoms with Crippen molar-refractivity contribution in [3.05, 3.63) is 62.5 Å². The molecule has 1 saturated heterocycles. The maximum absolute atomic E-state index is 12.7. The van der Waals surface area contributed by atoms with Crippen molar-refractivity contribution < 1.29 is 4.79 Å². The van der Waals surface area contributed by atoms with Gasteiger partial charge in [0.15, 0.2) is 0 Å². The van der Waals surface area contributed by atoms with Crippen molar-refractivity contribution in [3.8, 4) is 0 Å². The first-order valence-electron chi connectivity index (χ1n) is 10.5. The fraction of sp³-hybridized carbons (Fsp3) is 0.455. The van der Waals surface area contributed by atoms with Crippen LogP contribution in [0.5, 0.6) is 0 Å². The third-order valence-electron chi connectivity index (χ3n) is 6.62. The molecule has 1 fully saturated rings. The number of fused-ring (bicyclic) bond motifs is 2. The Morgan fingerprint density at radius 2 is 2.13 bits per heavy atom. The summed E-state index contributed by atoms with van der Waals surface area (Å²) in [5.74, 6) is 0.252. The third kappa shape index (κ3) is 2.70. The maximum Gasteiger partial charge on any atom is 0.315 e. The number of hydrogen-bond donors (Lipinski definition) is 1. The van der Waals surface area contributed by atoms with Crippen molar-refractivity contribution in [2.24, 2.45) is 5.73 Å². The predicted molar refractivity (Wildman–Crippen MR) is 116 cm³/mol. The van der Waals surface area contributed by atoms with Gasteiger partial charge < -0.3 is 10.6 Å². The molecule has 30 heavy (non-hydrogen) atoms. The number of carbonyl (C=O) groups is 1. The Bertz CT molecular complexity index is 1200. The highest BCUT2D eigenvalue weighted by molar-refractivity contribution is 7.16. The Labute approximate surface area is 178 Å². The molecule has 0 spiro atoms. The number of benzene rings is 1. The molecule has 1 aliphatic heterocycles. The summed E-state index contributed by atoms with van der Waals surface area (Å²) in [5.41, 5.74) is 8.38. The van der Waals surface area contributed by atoms with Crippen LogP contribution in [-0.2, 0) is 12.0 Å². The number of aryl methyl sites for hydroxylation is 1. The molecule has 2 atom stereocenters. The average molecular weight is 424 g/mol. The van der Waals surface area contributed by atoms with E-state index in [0.717, 1.165) is 36.4 Å². The summed E-state index contributed by atoms with van der Waals surface area (Å²) in [5, 5.41) is 5.48. The molecule has 5 rings (SSSR count). The number of nitrogens with two attached hydrogens (primary N) is 1. The minimum atomic E-state index is -0.638. The molecule has 0 saturated carbocycles. The Morgan fingerprint density at radius 1 is 1.33 bits per heavy atom. The van der Waals surface area contributed by atoms with Gasteiger partial charge in [-0.25, -0.2) is 9.78 Å². The van der Waals surface area contributed by atoms with Crippen molar-refractivity contribution in [1.82, 2.24) is 19.5 Å². The zero-order valence-electron chi connectivity index (χ0n) is 17.2. The summed E-state index contributed by atoms with van der Waals surface area (Å²) in [6.45, 7) is 4.63. The summed E-state index contributed by atoms with van der Waals surface area (Å²) < 4.78 is 1.38. The molecule has 2 amide bonds. The van der Waals surface area contributed by atoms with Crippen LogP contribution in [-0.4, -0.2) is 32.1 Å². The Morgan fingerprint density at radius 3 is 2.90 bits per heavy atom. The smallest absolute Gasteiger partial charge is 0.315 e. The third-order valence-corrected chi connectivity index (χ3v) is 7.70. The van der Waals surface area contributed by atoms with Crippen molar-refractivity contribution >= 4 is 22.3 Å². The highest BCUT2D eigenvalue weighted by atomic mass is 32.1. The zero-order chi connectivity index (χ0) is 21.0. The summed E-state index contributed by atoms with van der Waals surface area (Å²) in [7, 11) is 0. The van der Waals surface area contributed by atoms with Gasteiger partial charge in [-0.15, -0.1) is 0 Å². The minimum Gasteiger partial charge on any atom is -0.351 e. The fourth-order valence-electron chi connectivity index (χ4n) is 5.23. The topological polar surface area (TPSA) is 93.6 Å². The van der Waals surface area contributed by atoms with Crippen molar-refractivity contribution in [2.75, 3.05) is 6.54 Å². The van der Waals surface area contributed by atoms with E-state index in [1.165, 1.54) is 27.0 Å². The van der Waals surface area contributed by atoms with Crippen LogP contribution in [0.2, 0.25) is 0 Å². The molecule has 156 valence electrons. The lowest BCUT2D eigenvalue weighted by molar-refractivity contribution is 0.127. The van der Waals surface area contributed by atoms with E-state index in [4.69, 9.17) is 10.8 Å². The van der Waals surface area contributed by atoms with Crippen LogP contribution < -0.4 is 11.3 Å². The lowest BCUT2D eigenvalue weighted by Crippen LogP contribution is -2.50. The van der Waals surface area contributed by atoms with Crippen LogP contribution in [0, 0.1) is 0 Å². The molecular formula is C22H25N5O2S. The van der Waals surface area contributed by atoms with Gasteiger partial charge in [-0.1, -0.05) is 49.4 Å². The van der Waals surface area contributed by atoms with E-state index in [2.05, 4.69) is 23.2 Å². The van der Waals surface area contributed by atoms with E-state index in [9.17, 15) is 9.59 Å². The monoisotopic (exact) mass is 423 g/mol. The van der Waals surface area contributed by atoms with E-state index in [1.54, 1.807) is 11.0 Å². The quantitative estimate of drug-likeness (QED) is 0.699. The highest BCUT2D eigenvalue weighted by Crippen LogP contribution is 2.54. The molecule has 2 N–H and O–H groups in total. The molecule has 2 aliphatic rings. The molecule has 0 bridgehead atoms. The summed E-state index contributed by atoms with van der Waals surface area (Å²) in [6.07, 6.45) is 3.53. The molecule has 3 aromatic rings.